The maximum Gasteiger partial charge on any atom is 0.332 e. The van der Waals surface area contributed by atoms with Crippen LogP contribution in [0.25, 0.3) is 0 Å². The van der Waals surface area contributed by atoms with E-state index in [1.807, 2.05) is 0 Å². The molecule has 0 spiro atoms. The first-order chi connectivity index (χ1) is 13.9. The number of ketones is 1. The second-order valence-corrected chi connectivity index (χ2v) is 7.80. The molecule has 0 radical (unpaired) electrons. The van der Waals surface area contributed by atoms with E-state index < -0.39 is 46.6 Å². The van der Waals surface area contributed by atoms with Crippen LogP contribution in [0.3, 0.4) is 0 Å². The molecule has 1 aromatic heterocycles. The number of nitrogens with one attached hydrogen (secondary N) is 1. The van der Waals surface area contributed by atoms with Crippen LogP contribution < -0.4 is 22.3 Å². The predicted molar refractivity (Wildman–Crippen MR) is 110 cm³/mol. The number of rotatable bonds is 4. The highest BCUT2D eigenvalue weighted by molar-refractivity contribution is 6.35. The minimum Gasteiger partial charge on any atom is -0.384 e. The van der Waals surface area contributed by atoms with Crippen LogP contribution in [0, 0.1) is 0 Å². The second-order valence-electron chi connectivity index (χ2n) is 6.96. The number of halogens is 2. The lowest BCUT2D eigenvalue weighted by Crippen LogP contribution is -2.45. The van der Waals surface area contributed by atoms with Crippen LogP contribution in [0.15, 0.2) is 27.8 Å². The van der Waals surface area contributed by atoms with Crippen LogP contribution in [0.5, 0.6) is 0 Å². The number of amides is 3. The maximum atomic E-state index is 13.0. The average molecular weight is 454 g/mol. The van der Waals surface area contributed by atoms with Gasteiger partial charge < -0.3 is 11.1 Å². The first kappa shape index (κ1) is 21.6. The Morgan fingerprint density at radius 1 is 1.13 bits per heavy atom. The van der Waals surface area contributed by atoms with Crippen molar-refractivity contribution in [3.8, 4) is 0 Å². The summed E-state index contributed by atoms with van der Waals surface area (Å²) in [5.74, 6) is -1.99. The van der Waals surface area contributed by atoms with Crippen LogP contribution in [-0.2, 0) is 24.4 Å². The molecule has 0 aliphatic carbocycles. The van der Waals surface area contributed by atoms with E-state index in [1.165, 1.54) is 39.2 Å². The van der Waals surface area contributed by atoms with E-state index in [0.29, 0.717) is 20.1 Å². The molecule has 1 unspecified atom stereocenters. The van der Waals surface area contributed by atoms with Crippen LogP contribution in [0.1, 0.15) is 22.8 Å². The third-order valence-electron chi connectivity index (χ3n) is 5.04. The number of carbonyl (C=O) groups excluding carboxylic acids is 3. The molecule has 2 heterocycles. The minimum atomic E-state index is -1.54. The number of aromatic nitrogens is 2. The lowest BCUT2D eigenvalue weighted by Gasteiger charge is -2.23. The van der Waals surface area contributed by atoms with Gasteiger partial charge in [0.25, 0.3) is 11.5 Å². The van der Waals surface area contributed by atoms with Crippen molar-refractivity contribution in [2.75, 3.05) is 12.3 Å². The fraction of sp³-hybridized carbons (Fsp3) is 0.278. The summed E-state index contributed by atoms with van der Waals surface area (Å²) in [7, 11) is 2.48. The second kappa shape index (κ2) is 7.29. The highest BCUT2D eigenvalue weighted by Crippen LogP contribution is 2.35. The van der Waals surface area contributed by atoms with Gasteiger partial charge in [-0.15, -0.1) is 0 Å². The van der Waals surface area contributed by atoms with Gasteiger partial charge in [0.05, 0.1) is 6.54 Å². The van der Waals surface area contributed by atoms with Gasteiger partial charge in [0.15, 0.2) is 5.78 Å². The molecule has 2 aromatic rings. The van der Waals surface area contributed by atoms with Crippen molar-refractivity contribution in [1.82, 2.24) is 19.4 Å². The summed E-state index contributed by atoms with van der Waals surface area (Å²) in [6.45, 7) is 0.690. The van der Waals surface area contributed by atoms with Crippen molar-refractivity contribution in [2.45, 2.75) is 12.5 Å². The van der Waals surface area contributed by atoms with E-state index in [9.17, 15) is 24.0 Å². The van der Waals surface area contributed by atoms with Gasteiger partial charge in [-0.25, -0.2) is 9.59 Å². The van der Waals surface area contributed by atoms with Crippen molar-refractivity contribution in [1.29, 1.82) is 0 Å². The third-order valence-corrected chi connectivity index (χ3v) is 5.58. The molecule has 1 aliphatic heterocycles. The topological polar surface area (TPSA) is 136 Å². The Labute approximate surface area is 179 Å². The first-order valence-corrected chi connectivity index (χ1v) is 9.34. The molecule has 3 N–H and O–H groups in total. The summed E-state index contributed by atoms with van der Waals surface area (Å²) in [5.41, 5.74) is 2.40. The highest BCUT2D eigenvalue weighted by Gasteiger charge is 2.50. The molecule has 0 saturated carbocycles. The van der Waals surface area contributed by atoms with Crippen molar-refractivity contribution in [3.05, 3.63) is 60.2 Å². The molecule has 30 heavy (non-hydrogen) atoms. The number of hydrogen-bond donors (Lipinski definition) is 2. The standard InChI is InChI=1S/C18H17Cl2N5O5/c1-18(9-5-4-8(19)6-10(9)20)15(28)25(16(29)22-18)7-11(26)12-13(21)23(2)17(30)24(3)14(12)27/h4-6H,7,21H2,1-3H3,(H,22,29). The Morgan fingerprint density at radius 3 is 2.37 bits per heavy atom. The quantitative estimate of drug-likeness (QED) is 0.514. The van der Waals surface area contributed by atoms with Crippen molar-refractivity contribution in [2.24, 2.45) is 14.1 Å². The number of imide groups is 1. The molecule has 3 rings (SSSR count). The highest BCUT2D eigenvalue weighted by atomic mass is 35.5. The molecule has 158 valence electrons. The summed E-state index contributed by atoms with van der Waals surface area (Å²) in [5, 5.41) is 3.01. The summed E-state index contributed by atoms with van der Waals surface area (Å²) >= 11 is 12.1. The SMILES string of the molecule is Cn1c(N)c(C(=O)CN2C(=O)NC(C)(c3ccc(Cl)cc3Cl)C2=O)c(=O)n(C)c1=O. The third kappa shape index (κ3) is 3.17. The zero-order chi connectivity index (χ0) is 22.5. The van der Waals surface area contributed by atoms with E-state index in [1.54, 1.807) is 0 Å². The molecule has 12 heteroatoms. The Hall–Kier alpha value is -3.11. The summed E-state index contributed by atoms with van der Waals surface area (Å²) in [6, 6.07) is 3.58. The van der Waals surface area contributed by atoms with Gasteiger partial charge >= 0.3 is 11.7 Å². The number of anilines is 1. The van der Waals surface area contributed by atoms with E-state index in [-0.39, 0.29) is 10.8 Å². The number of carbonyl (C=O) groups is 3. The molecule has 1 saturated heterocycles. The Bertz CT molecular complexity index is 1230. The number of Topliss-reactive ketones (excluding diaryl/α,β-unsaturated/α-hetero) is 1. The number of nitrogens with zero attached hydrogens (tertiary/aromatic N) is 3. The normalized spacial score (nSPS) is 18.6. The summed E-state index contributed by atoms with van der Waals surface area (Å²) in [4.78, 5) is 63.3. The van der Waals surface area contributed by atoms with Crippen LogP contribution >= 0.6 is 23.2 Å². The monoisotopic (exact) mass is 453 g/mol. The van der Waals surface area contributed by atoms with E-state index in [2.05, 4.69) is 5.32 Å². The van der Waals surface area contributed by atoms with Crippen molar-refractivity contribution in [3.63, 3.8) is 0 Å². The number of urea groups is 1. The van der Waals surface area contributed by atoms with E-state index >= 15 is 0 Å². The first-order valence-electron chi connectivity index (χ1n) is 8.58. The maximum absolute atomic E-state index is 13.0. The Morgan fingerprint density at radius 2 is 1.77 bits per heavy atom. The smallest absolute Gasteiger partial charge is 0.332 e. The molecule has 1 aromatic carbocycles. The van der Waals surface area contributed by atoms with Crippen LogP contribution in [0.4, 0.5) is 10.6 Å². The van der Waals surface area contributed by atoms with Gasteiger partial charge in [-0.2, -0.15) is 0 Å². The molecule has 0 bridgehead atoms. The largest absolute Gasteiger partial charge is 0.384 e. The Balaban J connectivity index is 1.98. The summed E-state index contributed by atoms with van der Waals surface area (Å²) in [6.07, 6.45) is 0. The van der Waals surface area contributed by atoms with Gasteiger partial charge in [-0.05, 0) is 19.1 Å². The van der Waals surface area contributed by atoms with Crippen LogP contribution in [0.2, 0.25) is 10.0 Å². The van der Waals surface area contributed by atoms with Crippen molar-refractivity contribution < 1.29 is 14.4 Å². The predicted octanol–water partition coefficient (Wildman–Crippen LogP) is 0.623. The molecule has 3 amide bonds. The average Bonchev–Trinajstić information content (AvgIpc) is 2.88. The molecule has 1 fully saturated rings. The van der Waals surface area contributed by atoms with E-state index in [4.69, 9.17) is 28.9 Å². The number of nitrogen functional groups attached to an aromatic ring is 1. The Kier molecular flexibility index (Phi) is 5.25. The molecule has 10 nitrogen and oxygen atoms in total. The van der Waals surface area contributed by atoms with Gasteiger partial charge in [0, 0.05) is 29.7 Å². The number of nitrogens with two attached hydrogens (primary N) is 1. The van der Waals surface area contributed by atoms with Gasteiger partial charge in [0.2, 0.25) is 0 Å². The lowest BCUT2D eigenvalue weighted by molar-refractivity contribution is -0.130. The van der Waals surface area contributed by atoms with Gasteiger partial charge in [-0.1, -0.05) is 29.3 Å². The zero-order valence-corrected chi connectivity index (χ0v) is 17.7. The van der Waals surface area contributed by atoms with E-state index in [0.717, 1.165) is 4.57 Å². The van der Waals surface area contributed by atoms with Gasteiger partial charge in [0.1, 0.15) is 16.9 Å². The number of hydrogen-bond acceptors (Lipinski definition) is 6. The fourth-order valence-corrected chi connectivity index (χ4v) is 3.86. The number of benzene rings is 1. The molecular weight excluding hydrogens is 437 g/mol. The molecular formula is C18H17Cl2N5O5. The van der Waals surface area contributed by atoms with Gasteiger partial charge in [-0.3, -0.25) is 28.4 Å². The molecule has 1 atom stereocenters. The summed E-state index contributed by atoms with van der Waals surface area (Å²) < 4.78 is 1.64. The van der Waals surface area contributed by atoms with Crippen LogP contribution in [-0.4, -0.2) is 38.3 Å². The molecule has 1 aliphatic rings. The lowest BCUT2D eigenvalue weighted by atomic mass is 9.92. The fourth-order valence-electron chi connectivity index (χ4n) is 3.26. The van der Waals surface area contributed by atoms with Crippen molar-refractivity contribution >= 4 is 46.7 Å². The zero-order valence-electron chi connectivity index (χ0n) is 16.2. The minimum absolute atomic E-state index is 0.156.